The molecule has 0 saturated heterocycles. The van der Waals surface area contributed by atoms with E-state index in [2.05, 4.69) is 12.0 Å². The predicted octanol–water partition coefficient (Wildman–Crippen LogP) is 0.613. The van der Waals surface area contributed by atoms with E-state index in [-0.39, 0.29) is 18.4 Å². The van der Waals surface area contributed by atoms with Crippen molar-refractivity contribution in [3.05, 3.63) is 0 Å². The van der Waals surface area contributed by atoms with Gasteiger partial charge in [-0.2, -0.15) is 5.10 Å². The summed E-state index contributed by atoms with van der Waals surface area (Å²) in [7, 11) is 1.63. The zero-order valence-electron chi connectivity index (χ0n) is 8.16. The molecule has 0 aromatic rings. The number of amides is 1. The van der Waals surface area contributed by atoms with Gasteiger partial charge in [0, 0.05) is 7.05 Å². The molecule has 4 heteroatoms. The fourth-order valence-electron chi connectivity index (χ4n) is 1.45. The molecule has 0 bridgehead atoms. The van der Waals surface area contributed by atoms with Crippen LogP contribution in [0.1, 0.15) is 26.2 Å². The molecule has 74 valence electrons. The maximum atomic E-state index is 11.4. The van der Waals surface area contributed by atoms with Crippen LogP contribution in [-0.4, -0.2) is 35.4 Å². The van der Waals surface area contributed by atoms with Gasteiger partial charge >= 0.3 is 0 Å². The van der Waals surface area contributed by atoms with Crippen molar-refractivity contribution in [3.8, 4) is 0 Å². The number of aliphatic hydroxyl groups excluding tert-OH is 1. The molecule has 1 aliphatic heterocycles. The van der Waals surface area contributed by atoms with Crippen molar-refractivity contribution in [2.45, 2.75) is 26.2 Å². The lowest BCUT2D eigenvalue weighted by Gasteiger charge is -2.06. The first-order valence-electron chi connectivity index (χ1n) is 4.66. The molecule has 1 atom stereocenters. The van der Waals surface area contributed by atoms with Crippen LogP contribution in [0, 0.1) is 5.92 Å². The number of hydrazone groups is 1. The summed E-state index contributed by atoms with van der Waals surface area (Å²) in [5, 5.41) is 14.4. The van der Waals surface area contributed by atoms with E-state index >= 15 is 0 Å². The first-order chi connectivity index (χ1) is 6.20. The summed E-state index contributed by atoms with van der Waals surface area (Å²) in [6, 6.07) is 0. The average molecular weight is 184 g/mol. The van der Waals surface area contributed by atoms with Crippen LogP contribution in [0.15, 0.2) is 5.10 Å². The molecule has 1 N–H and O–H groups in total. The molecule has 4 nitrogen and oxygen atoms in total. The van der Waals surface area contributed by atoms with Crippen LogP contribution >= 0.6 is 0 Å². The highest BCUT2D eigenvalue weighted by molar-refractivity contribution is 6.07. The Hall–Kier alpha value is -0.900. The van der Waals surface area contributed by atoms with Crippen LogP contribution in [0.3, 0.4) is 0 Å². The third kappa shape index (κ3) is 2.06. The fraction of sp³-hybridized carbons (Fsp3) is 0.778. The Bertz CT molecular complexity index is 226. The molecule has 0 aromatic heterocycles. The number of nitrogens with zero attached hydrogens (tertiary/aromatic N) is 2. The van der Waals surface area contributed by atoms with Crippen molar-refractivity contribution in [2.24, 2.45) is 11.0 Å². The van der Waals surface area contributed by atoms with E-state index in [1.54, 1.807) is 7.05 Å². The summed E-state index contributed by atoms with van der Waals surface area (Å²) in [6.07, 6.45) is 2.92. The number of hydrogen-bond donors (Lipinski definition) is 1. The van der Waals surface area contributed by atoms with E-state index in [4.69, 9.17) is 5.11 Å². The smallest absolute Gasteiger partial charge is 0.253 e. The summed E-state index contributed by atoms with van der Waals surface area (Å²) < 4.78 is 0. The van der Waals surface area contributed by atoms with Crippen LogP contribution in [-0.2, 0) is 4.79 Å². The highest BCUT2D eigenvalue weighted by Gasteiger charge is 2.32. The molecule has 0 radical (unpaired) electrons. The SMILES string of the molecule is CCCCC1=NN(C)C(=O)C1CO. The highest BCUT2D eigenvalue weighted by atomic mass is 16.3. The molecule has 13 heavy (non-hydrogen) atoms. The summed E-state index contributed by atoms with van der Waals surface area (Å²) in [6.45, 7) is 1.97. The Kier molecular flexibility index (Phi) is 3.42. The maximum Gasteiger partial charge on any atom is 0.253 e. The van der Waals surface area contributed by atoms with Gasteiger partial charge in [0.2, 0.25) is 0 Å². The Morgan fingerprint density at radius 1 is 1.62 bits per heavy atom. The highest BCUT2D eigenvalue weighted by Crippen LogP contribution is 2.17. The molecule has 1 unspecified atom stereocenters. The lowest BCUT2D eigenvalue weighted by Crippen LogP contribution is -2.27. The van der Waals surface area contributed by atoms with Crippen LogP contribution in [0.25, 0.3) is 0 Å². The van der Waals surface area contributed by atoms with Crippen LogP contribution in [0.5, 0.6) is 0 Å². The molecule has 0 spiro atoms. The summed E-state index contributed by atoms with van der Waals surface area (Å²) >= 11 is 0. The van der Waals surface area contributed by atoms with E-state index in [0.29, 0.717) is 0 Å². The van der Waals surface area contributed by atoms with Crippen molar-refractivity contribution in [3.63, 3.8) is 0 Å². The topological polar surface area (TPSA) is 52.9 Å². The molecular weight excluding hydrogens is 168 g/mol. The second-order valence-corrected chi connectivity index (χ2v) is 3.29. The fourth-order valence-corrected chi connectivity index (χ4v) is 1.45. The quantitative estimate of drug-likeness (QED) is 0.696. The van der Waals surface area contributed by atoms with E-state index in [1.165, 1.54) is 5.01 Å². The Balaban J connectivity index is 2.61. The van der Waals surface area contributed by atoms with Gasteiger partial charge in [0.05, 0.1) is 12.3 Å². The van der Waals surface area contributed by atoms with Gasteiger partial charge in [0.25, 0.3) is 5.91 Å². The van der Waals surface area contributed by atoms with Crippen molar-refractivity contribution in [1.29, 1.82) is 0 Å². The normalized spacial score (nSPS) is 22.4. The zero-order chi connectivity index (χ0) is 9.84. The molecule has 1 amide bonds. The second kappa shape index (κ2) is 4.37. The van der Waals surface area contributed by atoms with Crippen molar-refractivity contribution in [1.82, 2.24) is 5.01 Å². The van der Waals surface area contributed by atoms with Gasteiger partial charge in [-0.1, -0.05) is 13.3 Å². The second-order valence-electron chi connectivity index (χ2n) is 3.29. The van der Waals surface area contributed by atoms with Gasteiger partial charge < -0.3 is 5.11 Å². The van der Waals surface area contributed by atoms with Gasteiger partial charge in [-0.15, -0.1) is 0 Å². The lowest BCUT2D eigenvalue weighted by atomic mass is 10.00. The van der Waals surface area contributed by atoms with Crippen LogP contribution < -0.4 is 0 Å². The van der Waals surface area contributed by atoms with Gasteiger partial charge in [-0.3, -0.25) is 4.79 Å². The first kappa shape index (κ1) is 10.2. The number of aliphatic hydroxyl groups is 1. The third-order valence-corrected chi connectivity index (χ3v) is 2.27. The van der Waals surface area contributed by atoms with Crippen molar-refractivity contribution in [2.75, 3.05) is 13.7 Å². The lowest BCUT2D eigenvalue weighted by molar-refractivity contribution is -0.131. The monoisotopic (exact) mass is 184 g/mol. The predicted molar refractivity (Wildman–Crippen MR) is 50.3 cm³/mol. The molecule has 1 aliphatic rings. The number of hydrogen-bond acceptors (Lipinski definition) is 3. The van der Waals surface area contributed by atoms with E-state index in [0.717, 1.165) is 25.0 Å². The van der Waals surface area contributed by atoms with Crippen LogP contribution in [0.2, 0.25) is 0 Å². The van der Waals surface area contributed by atoms with Crippen molar-refractivity contribution < 1.29 is 9.90 Å². The van der Waals surface area contributed by atoms with Gasteiger partial charge in [-0.25, -0.2) is 5.01 Å². The summed E-state index contributed by atoms with van der Waals surface area (Å²) in [5.41, 5.74) is 0.830. The third-order valence-electron chi connectivity index (χ3n) is 2.27. The molecule has 0 aromatic carbocycles. The molecule has 0 saturated carbocycles. The number of rotatable bonds is 4. The van der Waals surface area contributed by atoms with Gasteiger partial charge in [-0.05, 0) is 12.8 Å². The summed E-state index contributed by atoms with van der Waals surface area (Å²) in [5.74, 6) is -0.467. The Morgan fingerprint density at radius 2 is 2.31 bits per heavy atom. The molecule has 1 heterocycles. The Labute approximate surface area is 78.2 Å². The van der Waals surface area contributed by atoms with Crippen molar-refractivity contribution >= 4 is 11.6 Å². The molecular formula is C9H16N2O2. The summed E-state index contributed by atoms with van der Waals surface area (Å²) in [4.78, 5) is 11.4. The minimum absolute atomic E-state index is 0.0893. The van der Waals surface area contributed by atoms with E-state index in [1.807, 2.05) is 0 Å². The standard InChI is InChI=1S/C9H16N2O2/c1-3-4-5-8-7(6-12)9(13)11(2)10-8/h7,12H,3-6H2,1-2H3. The Morgan fingerprint density at radius 3 is 2.85 bits per heavy atom. The minimum atomic E-state index is -0.378. The van der Waals surface area contributed by atoms with E-state index < -0.39 is 0 Å². The van der Waals surface area contributed by atoms with Gasteiger partial charge in [0.1, 0.15) is 5.92 Å². The molecule has 1 rings (SSSR count). The molecule has 0 fully saturated rings. The number of carbonyl (C=O) groups excluding carboxylic acids is 1. The average Bonchev–Trinajstić information content (AvgIpc) is 2.39. The number of unbranched alkanes of at least 4 members (excludes halogenated alkanes) is 1. The zero-order valence-corrected chi connectivity index (χ0v) is 8.16. The van der Waals surface area contributed by atoms with Gasteiger partial charge in [0.15, 0.2) is 0 Å². The van der Waals surface area contributed by atoms with E-state index in [9.17, 15) is 4.79 Å². The maximum absolute atomic E-state index is 11.4. The van der Waals surface area contributed by atoms with Crippen LogP contribution in [0.4, 0.5) is 0 Å². The first-order valence-corrected chi connectivity index (χ1v) is 4.66. The molecule has 0 aliphatic carbocycles. The minimum Gasteiger partial charge on any atom is -0.395 e. The number of carbonyl (C=O) groups is 1. The largest absolute Gasteiger partial charge is 0.395 e.